The summed E-state index contributed by atoms with van der Waals surface area (Å²) < 4.78 is 6.01. The molecule has 194 valence electrons. The van der Waals surface area contributed by atoms with Gasteiger partial charge < -0.3 is 20.7 Å². The summed E-state index contributed by atoms with van der Waals surface area (Å²) in [6.45, 7) is 17.5. The minimum Gasteiger partial charge on any atom is -0.375 e. The van der Waals surface area contributed by atoms with Gasteiger partial charge >= 0.3 is 0 Å². The van der Waals surface area contributed by atoms with Crippen LogP contribution in [0.3, 0.4) is 0 Å². The molecule has 33 heavy (non-hydrogen) atoms. The lowest BCUT2D eigenvalue weighted by molar-refractivity contribution is -0.132. The summed E-state index contributed by atoms with van der Waals surface area (Å²) in [5.74, 6) is 0.926. The van der Waals surface area contributed by atoms with Crippen molar-refractivity contribution in [1.82, 2.24) is 16.0 Å². The first kappa shape index (κ1) is 32.1. The maximum absolute atomic E-state index is 12.3. The first-order valence-electron chi connectivity index (χ1n) is 12.1. The third kappa shape index (κ3) is 17.2. The monoisotopic (exact) mass is 505 g/mol. The van der Waals surface area contributed by atoms with E-state index >= 15 is 0 Å². The Balaban J connectivity index is 3.97. The van der Waals surface area contributed by atoms with Crippen LogP contribution in [0.15, 0.2) is 0 Å². The molecule has 0 fully saturated rings. The zero-order chi connectivity index (χ0) is 25.5. The summed E-state index contributed by atoms with van der Waals surface area (Å²) in [4.78, 5) is 35.9. The zero-order valence-electron chi connectivity index (χ0n) is 22.0. The first-order chi connectivity index (χ1) is 15.3. The van der Waals surface area contributed by atoms with Crippen LogP contribution in [0.5, 0.6) is 0 Å². The molecular weight excluding hydrogens is 458 g/mol. The Bertz CT molecular complexity index is 598. The highest BCUT2D eigenvalue weighted by molar-refractivity contribution is 8.76. The molecule has 0 aromatic heterocycles. The number of hydrogen-bond donors (Lipinski definition) is 3. The van der Waals surface area contributed by atoms with E-state index < -0.39 is 5.41 Å². The normalized spacial score (nSPS) is 13.0. The van der Waals surface area contributed by atoms with Gasteiger partial charge in [0.15, 0.2) is 0 Å². The minimum atomic E-state index is -0.482. The minimum absolute atomic E-state index is 0.0404. The van der Waals surface area contributed by atoms with Crippen LogP contribution in [0.25, 0.3) is 0 Å². The second kappa shape index (κ2) is 16.7. The van der Waals surface area contributed by atoms with Crippen molar-refractivity contribution in [3.05, 3.63) is 0 Å². The van der Waals surface area contributed by atoms with Gasteiger partial charge in [0.2, 0.25) is 17.7 Å². The highest BCUT2D eigenvalue weighted by atomic mass is 33.1. The van der Waals surface area contributed by atoms with Crippen molar-refractivity contribution >= 4 is 39.3 Å². The van der Waals surface area contributed by atoms with Gasteiger partial charge in [-0.25, -0.2) is 0 Å². The molecule has 0 radical (unpaired) electrons. The van der Waals surface area contributed by atoms with E-state index in [0.29, 0.717) is 50.6 Å². The van der Waals surface area contributed by atoms with E-state index in [1.807, 2.05) is 48.5 Å². The van der Waals surface area contributed by atoms with E-state index in [2.05, 4.69) is 22.9 Å². The fourth-order valence-electron chi connectivity index (χ4n) is 2.78. The van der Waals surface area contributed by atoms with Gasteiger partial charge in [-0.15, -0.1) is 0 Å². The fraction of sp³-hybridized carbons (Fsp3) is 0.875. The van der Waals surface area contributed by atoms with E-state index in [1.165, 1.54) is 0 Å². The number of nitrogens with one attached hydrogen (secondary N) is 3. The molecule has 0 aliphatic carbocycles. The molecule has 0 heterocycles. The Labute approximate surface area is 209 Å². The predicted molar refractivity (Wildman–Crippen MR) is 141 cm³/mol. The Morgan fingerprint density at radius 2 is 1.58 bits per heavy atom. The average Bonchev–Trinajstić information content (AvgIpc) is 2.69. The van der Waals surface area contributed by atoms with Crippen molar-refractivity contribution in [2.24, 2.45) is 5.41 Å². The van der Waals surface area contributed by atoms with Crippen LogP contribution < -0.4 is 16.0 Å². The van der Waals surface area contributed by atoms with Gasteiger partial charge in [-0.1, -0.05) is 42.4 Å². The van der Waals surface area contributed by atoms with Crippen molar-refractivity contribution in [2.75, 3.05) is 25.4 Å². The largest absolute Gasteiger partial charge is 0.375 e. The lowest BCUT2D eigenvalue weighted by Gasteiger charge is -2.29. The average molecular weight is 506 g/mol. The summed E-state index contributed by atoms with van der Waals surface area (Å²) in [5.41, 5.74) is -0.856. The second-order valence-corrected chi connectivity index (χ2v) is 12.9. The van der Waals surface area contributed by atoms with Gasteiger partial charge in [-0.3, -0.25) is 14.4 Å². The molecule has 0 bridgehead atoms. The quantitative estimate of drug-likeness (QED) is 0.190. The van der Waals surface area contributed by atoms with Crippen molar-refractivity contribution < 1.29 is 19.1 Å². The van der Waals surface area contributed by atoms with Crippen LogP contribution in [0, 0.1) is 5.41 Å². The van der Waals surface area contributed by atoms with Crippen LogP contribution in [0.4, 0.5) is 0 Å². The van der Waals surface area contributed by atoms with Crippen LogP contribution in [0.1, 0.15) is 87.5 Å². The van der Waals surface area contributed by atoms with Gasteiger partial charge in [-0.05, 0) is 53.9 Å². The van der Waals surface area contributed by atoms with Gasteiger partial charge in [0.05, 0.1) is 5.60 Å². The van der Waals surface area contributed by atoms with Crippen molar-refractivity contribution in [2.45, 2.75) is 104 Å². The van der Waals surface area contributed by atoms with E-state index in [9.17, 15) is 14.4 Å². The van der Waals surface area contributed by atoms with Gasteiger partial charge in [-0.2, -0.15) is 0 Å². The third-order valence-corrected chi connectivity index (χ3v) is 8.07. The Morgan fingerprint density at radius 1 is 0.939 bits per heavy atom. The summed E-state index contributed by atoms with van der Waals surface area (Å²) in [6, 6.07) is 0.122. The van der Waals surface area contributed by atoms with E-state index in [1.54, 1.807) is 21.6 Å². The van der Waals surface area contributed by atoms with Gasteiger partial charge in [0, 0.05) is 55.0 Å². The Hall–Kier alpha value is -0.930. The molecule has 3 amide bonds. The standard InChI is InChI=1S/C24H47N3O4S2/c1-9-25-20(28)11-10-19(4)33-32-17-12-21(29)26-15-13-24(7,8)31-16-14-23(5,6)22(30)27-18(2)3/h18-19H,9-17H2,1-8H3,(H,25,28)(H,26,29)(H,27,30). The molecule has 0 aliphatic heterocycles. The molecule has 1 atom stereocenters. The smallest absolute Gasteiger partial charge is 0.225 e. The molecule has 3 N–H and O–H groups in total. The molecule has 0 rings (SSSR count). The number of carbonyl (C=O) groups is 3. The van der Waals surface area contributed by atoms with Gasteiger partial charge in [0.25, 0.3) is 0 Å². The molecule has 0 saturated carbocycles. The molecule has 9 heteroatoms. The van der Waals surface area contributed by atoms with Crippen molar-refractivity contribution in [3.63, 3.8) is 0 Å². The second-order valence-electron chi connectivity index (χ2n) is 9.94. The molecule has 0 spiro atoms. The summed E-state index contributed by atoms with van der Waals surface area (Å²) >= 11 is 0. The molecule has 0 aromatic rings. The summed E-state index contributed by atoms with van der Waals surface area (Å²) in [5, 5.41) is 9.11. The molecular formula is C24H47N3O4S2. The lowest BCUT2D eigenvalue weighted by atomic mass is 9.88. The van der Waals surface area contributed by atoms with Crippen molar-refractivity contribution in [1.29, 1.82) is 0 Å². The van der Waals surface area contributed by atoms with Crippen LogP contribution in [-0.4, -0.2) is 60.1 Å². The Kier molecular flexibility index (Phi) is 16.2. The van der Waals surface area contributed by atoms with Crippen LogP contribution in [-0.2, 0) is 19.1 Å². The van der Waals surface area contributed by atoms with Crippen LogP contribution in [0.2, 0.25) is 0 Å². The lowest BCUT2D eigenvalue weighted by Crippen LogP contribution is -2.41. The predicted octanol–water partition coefficient (Wildman–Crippen LogP) is 4.31. The highest BCUT2D eigenvalue weighted by Crippen LogP contribution is 2.29. The maximum atomic E-state index is 12.3. The first-order valence-corrected chi connectivity index (χ1v) is 14.4. The SMILES string of the molecule is CCNC(=O)CCC(C)SSCCC(=O)NCCC(C)(C)OCCC(C)(C)C(=O)NC(C)C. The number of amides is 3. The molecule has 1 unspecified atom stereocenters. The molecule has 0 saturated heterocycles. The number of hydrogen-bond acceptors (Lipinski definition) is 6. The summed E-state index contributed by atoms with van der Waals surface area (Å²) in [6.07, 6.45) is 3.20. The van der Waals surface area contributed by atoms with E-state index in [-0.39, 0.29) is 29.4 Å². The molecule has 7 nitrogen and oxygen atoms in total. The maximum Gasteiger partial charge on any atom is 0.225 e. The summed E-state index contributed by atoms with van der Waals surface area (Å²) in [7, 11) is 3.41. The number of rotatable bonds is 18. The fourth-order valence-corrected chi connectivity index (χ4v) is 5.12. The Morgan fingerprint density at radius 3 is 2.18 bits per heavy atom. The number of carbonyl (C=O) groups excluding carboxylic acids is 3. The van der Waals surface area contributed by atoms with E-state index in [4.69, 9.17) is 4.74 Å². The molecule has 0 aliphatic rings. The highest BCUT2D eigenvalue weighted by Gasteiger charge is 2.29. The van der Waals surface area contributed by atoms with E-state index in [0.717, 1.165) is 12.2 Å². The van der Waals surface area contributed by atoms with Gasteiger partial charge in [0.1, 0.15) is 0 Å². The topological polar surface area (TPSA) is 96.5 Å². The molecule has 0 aromatic carbocycles. The number of ether oxygens (including phenoxy) is 1. The third-order valence-electron chi connectivity index (χ3n) is 5.10. The van der Waals surface area contributed by atoms with Crippen molar-refractivity contribution in [3.8, 4) is 0 Å². The zero-order valence-corrected chi connectivity index (χ0v) is 23.6. The van der Waals surface area contributed by atoms with Crippen LogP contribution >= 0.6 is 21.6 Å².